The van der Waals surface area contributed by atoms with E-state index in [1.54, 1.807) is 29.7 Å². The van der Waals surface area contributed by atoms with Crippen LogP contribution in [0.25, 0.3) is 6.08 Å². The summed E-state index contributed by atoms with van der Waals surface area (Å²) in [5.74, 6) is 1.30. The highest BCUT2D eigenvalue weighted by molar-refractivity contribution is 7.09. The van der Waals surface area contributed by atoms with E-state index in [4.69, 9.17) is 4.74 Å². The molecule has 1 amide bonds. The fraction of sp³-hybridized carbons (Fsp3) is 0.286. The Bertz CT molecular complexity index is 928. The minimum atomic E-state index is -0.183. The normalized spacial score (nSPS) is 11.1. The number of benzene rings is 1. The van der Waals surface area contributed by atoms with Crippen molar-refractivity contribution in [3.8, 4) is 5.75 Å². The number of carbonyl (C=O) groups excluding carboxylic acids is 1. The van der Waals surface area contributed by atoms with Crippen LogP contribution in [0.1, 0.15) is 36.0 Å². The summed E-state index contributed by atoms with van der Waals surface area (Å²) in [6.07, 6.45) is 7.09. The van der Waals surface area contributed by atoms with Crippen LogP contribution in [-0.4, -0.2) is 20.7 Å². The summed E-state index contributed by atoms with van der Waals surface area (Å²) in [4.78, 5) is 16.5. The number of aromatic nitrogens is 3. The first kappa shape index (κ1) is 19.8. The molecule has 0 aliphatic heterocycles. The standard InChI is InChI=1S/C21H24N4O2S/c1-3-4-13-25-20(11-12-22-25)24-21(26)10-7-17-5-8-19(9-6-17)27-14-18-15-28-16(2)23-18/h5-12,15H,3-4,13-14H2,1-2H3,(H,24,26)/b10-7+. The Balaban J connectivity index is 1.51. The lowest BCUT2D eigenvalue weighted by Gasteiger charge is -2.06. The number of rotatable bonds is 9. The molecule has 0 radical (unpaired) electrons. The van der Waals surface area contributed by atoms with Crippen LogP contribution in [0, 0.1) is 6.92 Å². The number of hydrogen-bond acceptors (Lipinski definition) is 5. The van der Waals surface area contributed by atoms with Crippen molar-refractivity contribution in [1.82, 2.24) is 14.8 Å². The largest absolute Gasteiger partial charge is 0.487 e. The van der Waals surface area contributed by atoms with E-state index in [2.05, 4.69) is 22.3 Å². The first-order valence-electron chi connectivity index (χ1n) is 9.29. The summed E-state index contributed by atoms with van der Waals surface area (Å²) in [6, 6.07) is 9.40. The average Bonchev–Trinajstić information content (AvgIpc) is 3.32. The molecule has 0 saturated heterocycles. The lowest BCUT2D eigenvalue weighted by Crippen LogP contribution is -2.13. The monoisotopic (exact) mass is 396 g/mol. The molecule has 7 heteroatoms. The molecule has 1 N–H and O–H groups in total. The van der Waals surface area contributed by atoms with Crippen molar-refractivity contribution in [3.63, 3.8) is 0 Å². The summed E-state index contributed by atoms with van der Waals surface area (Å²) in [7, 11) is 0. The molecule has 1 aromatic carbocycles. The number of nitrogens with one attached hydrogen (secondary N) is 1. The van der Waals surface area contributed by atoms with E-state index < -0.39 is 0 Å². The number of thiazole rings is 1. The van der Waals surface area contributed by atoms with Crippen molar-refractivity contribution >= 4 is 29.1 Å². The van der Waals surface area contributed by atoms with Crippen LogP contribution in [0.4, 0.5) is 5.82 Å². The van der Waals surface area contributed by atoms with E-state index in [0.29, 0.717) is 12.4 Å². The Morgan fingerprint density at radius 2 is 2.11 bits per heavy atom. The van der Waals surface area contributed by atoms with Gasteiger partial charge in [-0.15, -0.1) is 11.3 Å². The summed E-state index contributed by atoms with van der Waals surface area (Å²) in [5.41, 5.74) is 1.85. The van der Waals surface area contributed by atoms with Crippen LogP contribution < -0.4 is 10.1 Å². The molecule has 0 fully saturated rings. The van der Waals surface area contributed by atoms with E-state index in [0.717, 1.165) is 41.4 Å². The first-order valence-corrected chi connectivity index (χ1v) is 10.2. The lowest BCUT2D eigenvalue weighted by molar-refractivity contribution is -0.111. The van der Waals surface area contributed by atoms with Crippen molar-refractivity contribution in [3.05, 3.63) is 64.2 Å². The Kier molecular flexibility index (Phi) is 6.97. The van der Waals surface area contributed by atoms with Crippen molar-refractivity contribution < 1.29 is 9.53 Å². The van der Waals surface area contributed by atoms with E-state index in [1.807, 2.05) is 41.3 Å². The minimum absolute atomic E-state index is 0.183. The summed E-state index contributed by atoms with van der Waals surface area (Å²) in [5, 5.41) is 10.1. The number of unbranched alkanes of at least 4 members (excludes halogenated alkanes) is 1. The maximum atomic E-state index is 12.2. The number of ether oxygens (including phenoxy) is 1. The third-order valence-electron chi connectivity index (χ3n) is 4.05. The smallest absolute Gasteiger partial charge is 0.249 e. The molecule has 0 aliphatic carbocycles. The zero-order chi connectivity index (χ0) is 19.8. The molecule has 2 heterocycles. The van der Waals surface area contributed by atoms with E-state index >= 15 is 0 Å². The van der Waals surface area contributed by atoms with Gasteiger partial charge in [0.1, 0.15) is 18.2 Å². The molecule has 6 nitrogen and oxygen atoms in total. The molecule has 0 unspecified atom stereocenters. The number of aryl methyl sites for hydroxylation is 2. The molecule has 3 rings (SSSR count). The predicted molar refractivity (Wildman–Crippen MR) is 112 cm³/mol. The summed E-state index contributed by atoms with van der Waals surface area (Å²) < 4.78 is 7.54. The second-order valence-electron chi connectivity index (χ2n) is 6.33. The molecule has 0 atom stereocenters. The van der Waals surface area contributed by atoms with Gasteiger partial charge < -0.3 is 10.1 Å². The highest BCUT2D eigenvalue weighted by Gasteiger charge is 2.05. The minimum Gasteiger partial charge on any atom is -0.487 e. The first-order chi connectivity index (χ1) is 13.6. The van der Waals surface area contributed by atoms with Crippen molar-refractivity contribution in [1.29, 1.82) is 0 Å². The van der Waals surface area contributed by atoms with Crippen molar-refractivity contribution in [2.24, 2.45) is 0 Å². The summed E-state index contributed by atoms with van der Waals surface area (Å²) >= 11 is 1.61. The maximum absolute atomic E-state index is 12.2. The number of amides is 1. The van der Waals surface area contributed by atoms with Crippen LogP contribution >= 0.6 is 11.3 Å². The number of nitrogens with zero attached hydrogens (tertiary/aromatic N) is 3. The van der Waals surface area contributed by atoms with Crippen LogP contribution in [0.3, 0.4) is 0 Å². The number of carbonyl (C=O) groups is 1. The van der Waals surface area contributed by atoms with Crippen molar-refractivity contribution in [2.75, 3.05) is 5.32 Å². The van der Waals surface area contributed by atoms with Gasteiger partial charge in [-0.2, -0.15) is 5.10 Å². The topological polar surface area (TPSA) is 69.0 Å². The zero-order valence-corrected chi connectivity index (χ0v) is 16.9. The van der Waals surface area contributed by atoms with Gasteiger partial charge in [0.2, 0.25) is 5.91 Å². The lowest BCUT2D eigenvalue weighted by atomic mass is 10.2. The fourth-order valence-electron chi connectivity index (χ4n) is 2.57. The molecule has 0 saturated carbocycles. The molecule has 0 spiro atoms. The van der Waals surface area contributed by atoms with Gasteiger partial charge in [-0.3, -0.25) is 4.79 Å². The van der Waals surface area contributed by atoms with Gasteiger partial charge in [0.25, 0.3) is 0 Å². The third kappa shape index (κ3) is 5.79. The second-order valence-corrected chi connectivity index (χ2v) is 7.39. The molecule has 2 aromatic heterocycles. The third-order valence-corrected chi connectivity index (χ3v) is 4.87. The van der Waals surface area contributed by atoms with Gasteiger partial charge in [0.15, 0.2) is 0 Å². The van der Waals surface area contributed by atoms with Crippen LogP contribution in [0.15, 0.2) is 48.0 Å². The van der Waals surface area contributed by atoms with Crippen LogP contribution in [-0.2, 0) is 17.9 Å². The Labute approximate surface area is 168 Å². The fourth-order valence-corrected chi connectivity index (χ4v) is 3.17. The Hall–Kier alpha value is -2.93. The predicted octanol–water partition coefficient (Wildman–Crippen LogP) is 4.68. The number of hydrogen-bond donors (Lipinski definition) is 1. The Morgan fingerprint density at radius 1 is 1.29 bits per heavy atom. The molecule has 3 aromatic rings. The number of anilines is 1. The van der Waals surface area contributed by atoms with E-state index in [-0.39, 0.29) is 5.91 Å². The molecule has 0 aliphatic rings. The van der Waals surface area contributed by atoms with Gasteiger partial charge in [0, 0.05) is 24.1 Å². The highest BCUT2D eigenvalue weighted by atomic mass is 32.1. The van der Waals surface area contributed by atoms with Gasteiger partial charge in [-0.05, 0) is 37.1 Å². The molecule has 0 bridgehead atoms. The highest BCUT2D eigenvalue weighted by Crippen LogP contribution is 2.16. The van der Waals surface area contributed by atoms with E-state index in [1.165, 1.54) is 6.08 Å². The molecular weight excluding hydrogens is 372 g/mol. The van der Waals surface area contributed by atoms with Gasteiger partial charge in [-0.25, -0.2) is 9.67 Å². The summed E-state index contributed by atoms with van der Waals surface area (Å²) in [6.45, 7) is 5.35. The molecular formula is C21H24N4O2S. The van der Waals surface area contributed by atoms with E-state index in [9.17, 15) is 4.79 Å². The van der Waals surface area contributed by atoms with Crippen molar-refractivity contribution in [2.45, 2.75) is 39.8 Å². The maximum Gasteiger partial charge on any atom is 0.249 e. The van der Waals surface area contributed by atoms with Crippen LogP contribution in [0.2, 0.25) is 0 Å². The second kappa shape index (κ2) is 9.85. The van der Waals surface area contributed by atoms with Gasteiger partial charge in [0.05, 0.1) is 16.9 Å². The quantitative estimate of drug-likeness (QED) is 0.533. The van der Waals surface area contributed by atoms with Gasteiger partial charge >= 0.3 is 0 Å². The van der Waals surface area contributed by atoms with Gasteiger partial charge in [-0.1, -0.05) is 25.5 Å². The molecule has 28 heavy (non-hydrogen) atoms. The zero-order valence-electron chi connectivity index (χ0n) is 16.1. The molecule has 146 valence electrons. The average molecular weight is 397 g/mol. The Morgan fingerprint density at radius 3 is 2.82 bits per heavy atom. The SMILES string of the molecule is CCCCn1nccc1NC(=O)/C=C/c1ccc(OCc2csc(C)n2)cc1. The van der Waals surface area contributed by atoms with Crippen LogP contribution in [0.5, 0.6) is 5.75 Å².